The molecule has 6 nitrogen and oxygen atoms in total. The number of hydrogen-bond acceptors (Lipinski definition) is 5. The van der Waals surface area contributed by atoms with E-state index in [0.717, 1.165) is 30.1 Å². The molecule has 4 aliphatic rings. The summed E-state index contributed by atoms with van der Waals surface area (Å²) in [5, 5.41) is 3.51. The topological polar surface area (TPSA) is 72.6 Å². The normalized spacial score (nSPS) is 23.4. The second-order valence-electron chi connectivity index (χ2n) is 9.96. The van der Waals surface area contributed by atoms with Crippen LogP contribution in [0.4, 0.5) is 5.69 Å². The molecule has 0 spiro atoms. The summed E-state index contributed by atoms with van der Waals surface area (Å²) in [5.74, 6) is 0.416. The fraction of sp³-hybridized carbons (Fsp3) is 0.345. The lowest BCUT2D eigenvalue weighted by molar-refractivity contribution is -0.361. The van der Waals surface area contributed by atoms with Gasteiger partial charge >= 0.3 is 0 Å². The van der Waals surface area contributed by atoms with E-state index in [1.807, 2.05) is 43.3 Å². The lowest BCUT2D eigenvalue weighted by atomic mass is 9.72. The molecule has 0 bridgehead atoms. The third-order valence-corrected chi connectivity index (χ3v) is 7.63. The molecule has 35 heavy (non-hydrogen) atoms. The van der Waals surface area contributed by atoms with Crippen molar-refractivity contribution >= 4 is 23.0 Å². The van der Waals surface area contributed by atoms with Gasteiger partial charge < -0.3 is 10.1 Å². The van der Waals surface area contributed by atoms with Crippen molar-refractivity contribution in [3.8, 4) is 5.75 Å². The summed E-state index contributed by atoms with van der Waals surface area (Å²) in [5.41, 5.74) is 4.66. The van der Waals surface area contributed by atoms with Crippen LogP contribution < -0.4 is 15.0 Å². The molecule has 2 heterocycles. The van der Waals surface area contributed by atoms with Gasteiger partial charge in [0.25, 0.3) is 0 Å². The van der Waals surface area contributed by atoms with Crippen LogP contribution in [0, 0.1) is 12.8 Å². The number of carbonyl (C=O) groups excluding carboxylic acids is 2. The zero-order valence-corrected chi connectivity index (χ0v) is 20.2. The molecule has 1 unspecified atom stereocenters. The third kappa shape index (κ3) is 3.73. The van der Waals surface area contributed by atoms with Gasteiger partial charge in [0, 0.05) is 53.7 Å². The Labute approximate surface area is 205 Å². The molecule has 1 saturated heterocycles. The number of ketones is 2. The number of fused-ring (bicyclic) bond motifs is 5. The molecule has 0 radical (unpaired) electrons. The van der Waals surface area contributed by atoms with Gasteiger partial charge in [-0.3, -0.25) is 14.5 Å². The molecule has 0 amide bonds. The first kappa shape index (κ1) is 22.0. The van der Waals surface area contributed by atoms with Gasteiger partial charge in [0.05, 0.1) is 0 Å². The monoisotopic (exact) mass is 468 g/mol. The van der Waals surface area contributed by atoms with Crippen molar-refractivity contribution in [3.63, 3.8) is 0 Å². The number of carbonyl (C=O) groups is 2. The average Bonchev–Trinajstić information content (AvgIpc) is 2.86. The highest BCUT2D eigenvalue weighted by Gasteiger charge is 2.49. The number of benzene rings is 2. The van der Waals surface area contributed by atoms with E-state index in [2.05, 4.69) is 22.1 Å². The Balaban J connectivity index is 1.40. The Morgan fingerprint density at radius 1 is 1.11 bits per heavy atom. The van der Waals surface area contributed by atoms with Crippen molar-refractivity contribution in [1.82, 2.24) is 10.2 Å². The Bertz CT molecular complexity index is 1340. The Hall–Kier alpha value is -3.51. The van der Waals surface area contributed by atoms with Crippen LogP contribution in [0.25, 0.3) is 0 Å². The maximum atomic E-state index is 13.8. The number of rotatable bonds is 4. The quantitative estimate of drug-likeness (QED) is 0.722. The maximum Gasteiger partial charge on any atom is 0.246 e. The molecule has 6 heteroatoms. The van der Waals surface area contributed by atoms with Gasteiger partial charge in [-0.15, -0.1) is 0 Å². The largest absolute Gasteiger partial charge is 0.444 e. The van der Waals surface area contributed by atoms with Gasteiger partial charge in [0.1, 0.15) is 5.92 Å². The van der Waals surface area contributed by atoms with E-state index in [9.17, 15) is 9.59 Å². The van der Waals surface area contributed by atoms with E-state index >= 15 is 0 Å². The summed E-state index contributed by atoms with van der Waals surface area (Å²) in [7, 11) is 0. The molecule has 6 rings (SSSR count). The number of piperidine rings is 1. The molecule has 0 aromatic heterocycles. The molecule has 2 aliphatic carbocycles. The molecule has 2 aromatic carbocycles. The van der Waals surface area contributed by atoms with Gasteiger partial charge in [-0.2, -0.15) is 0 Å². The number of nitrogens with zero attached hydrogens (tertiary/aromatic N) is 1. The van der Waals surface area contributed by atoms with Crippen molar-refractivity contribution in [2.24, 2.45) is 5.92 Å². The fourth-order valence-corrected chi connectivity index (χ4v) is 5.71. The van der Waals surface area contributed by atoms with E-state index in [1.165, 1.54) is 19.3 Å². The SMILES string of the molecule is Cc1ccc2c(c1)OC1=CC(NCCN3CCCC[C@@H]3C)=C3C(=O)c4ccccc4C(=O)C3C1=[NH+]2. The molecular weight excluding hydrogens is 438 g/mol. The van der Waals surface area contributed by atoms with Crippen LogP contribution in [0.15, 0.2) is 65.6 Å². The van der Waals surface area contributed by atoms with Crippen LogP contribution in [0.1, 0.15) is 52.5 Å². The first-order valence-electron chi connectivity index (χ1n) is 12.6. The predicted octanol–water partition coefficient (Wildman–Crippen LogP) is 2.85. The van der Waals surface area contributed by atoms with Crippen LogP contribution in [0.2, 0.25) is 0 Å². The number of allylic oxidation sites excluding steroid dienone is 3. The van der Waals surface area contributed by atoms with E-state index < -0.39 is 5.92 Å². The van der Waals surface area contributed by atoms with Crippen molar-refractivity contribution in [1.29, 1.82) is 0 Å². The Kier molecular flexibility index (Phi) is 5.41. The molecule has 2 N–H and O–H groups in total. The summed E-state index contributed by atoms with van der Waals surface area (Å²) >= 11 is 0. The minimum atomic E-state index is -0.719. The predicted molar refractivity (Wildman–Crippen MR) is 134 cm³/mol. The third-order valence-electron chi connectivity index (χ3n) is 7.63. The van der Waals surface area contributed by atoms with Crippen molar-refractivity contribution in [2.75, 3.05) is 19.6 Å². The molecule has 2 aromatic rings. The second-order valence-corrected chi connectivity index (χ2v) is 9.96. The summed E-state index contributed by atoms with van der Waals surface area (Å²) in [6, 6.07) is 13.6. The van der Waals surface area contributed by atoms with Gasteiger partial charge in [0.2, 0.25) is 11.4 Å². The number of nitrogens with one attached hydrogen (secondary N) is 2. The van der Waals surface area contributed by atoms with Crippen molar-refractivity contribution in [3.05, 3.63) is 82.3 Å². The van der Waals surface area contributed by atoms with Crippen LogP contribution in [-0.4, -0.2) is 47.9 Å². The minimum Gasteiger partial charge on any atom is -0.444 e. The molecule has 178 valence electrons. The molecule has 2 aliphatic heterocycles. The minimum absolute atomic E-state index is 0.0774. The van der Waals surface area contributed by atoms with E-state index in [4.69, 9.17) is 4.74 Å². The lowest BCUT2D eigenvalue weighted by Gasteiger charge is -2.34. The van der Waals surface area contributed by atoms with Gasteiger partial charge in [-0.25, -0.2) is 4.99 Å². The Morgan fingerprint density at radius 2 is 1.94 bits per heavy atom. The highest BCUT2D eigenvalue weighted by atomic mass is 16.5. The van der Waals surface area contributed by atoms with E-state index in [1.54, 1.807) is 12.1 Å². The number of hydrogen-bond donors (Lipinski definition) is 2. The van der Waals surface area contributed by atoms with E-state index in [-0.39, 0.29) is 11.6 Å². The molecular formula is C29H30N3O3+. The summed E-state index contributed by atoms with van der Waals surface area (Å²) in [4.78, 5) is 33.4. The number of Topliss-reactive ketones (excluding diaryl/α,β-unsaturated/α-hetero) is 2. The molecule has 1 fully saturated rings. The standard InChI is InChI=1S/C29H29N3O3/c1-17-10-11-21-23(15-17)35-24-16-22(30-12-14-32-13-6-5-7-18(32)2)25-26(27(24)31-21)29(34)20-9-4-3-8-19(20)28(25)33/h3-4,8-11,15-16,18,26,30H,5-7,12-14H2,1-2H3/p+1/t18-,26?/m0/s1. The smallest absolute Gasteiger partial charge is 0.246 e. The zero-order valence-electron chi connectivity index (χ0n) is 20.2. The van der Waals surface area contributed by atoms with Crippen LogP contribution in [0.3, 0.4) is 0 Å². The first-order chi connectivity index (χ1) is 17.0. The first-order valence-corrected chi connectivity index (χ1v) is 12.6. The van der Waals surface area contributed by atoms with Gasteiger partial charge in [-0.1, -0.05) is 36.8 Å². The Morgan fingerprint density at radius 3 is 2.77 bits per heavy atom. The van der Waals surface area contributed by atoms with Gasteiger partial charge in [0.15, 0.2) is 23.1 Å². The highest BCUT2D eigenvalue weighted by molar-refractivity contribution is 6.32. The second kappa shape index (κ2) is 8.61. The van der Waals surface area contributed by atoms with Crippen molar-refractivity contribution < 1.29 is 19.3 Å². The highest BCUT2D eigenvalue weighted by Crippen LogP contribution is 2.38. The van der Waals surface area contributed by atoms with Gasteiger partial charge in [-0.05, 0) is 44.9 Å². The fourth-order valence-electron chi connectivity index (χ4n) is 5.71. The van der Waals surface area contributed by atoms with Crippen LogP contribution >= 0.6 is 0 Å². The summed E-state index contributed by atoms with van der Waals surface area (Å²) < 4.78 is 6.29. The summed E-state index contributed by atoms with van der Waals surface area (Å²) in [6.45, 7) is 6.99. The van der Waals surface area contributed by atoms with Crippen molar-refractivity contribution in [2.45, 2.75) is 39.2 Å². The average molecular weight is 469 g/mol. The van der Waals surface area contributed by atoms with Crippen LogP contribution in [-0.2, 0) is 0 Å². The number of likely N-dealkylation sites (tertiary alicyclic amines) is 1. The van der Waals surface area contributed by atoms with E-state index in [0.29, 0.717) is 46.5 Å². The van der Waals surface area contributed by atoms with Crippen LogP contribution in [0.5, 0.6) is 5.75 Å². The molecule has 0 saturated carbocycles. The number of ether oxygens (including phenoxy) is 1. The summed E-state index contributed by atoms with van der Waals surface area (Å²) in [6.07, 6.45) is 5.62. The maximum absolute atomic E-state index is 13.8. The molecule has 2 atom stereocenters. The lowest BCUT2D eigenvalue weighted by Crippen LogP contribution is -2.72. The zero-order chi connectivity index (χ0) is 24.1. The number of aryl methyl sites for hydroxylation is 1.